The van der Waals surface area contributed by atoms with Crippen LogP contribution in [-0.4, -0.2) is 63.9 Å². The summed E-state index contributed by atoms with van der Waals surface area (Å²) in [6, 6.07) is 4.55. The lowest BCUT2D eigenvalue weighted by molar-refractivity contribution is -0.147. The van der Waals surface area contributed by atoms with E-state index in [4.69, 9.17) is 15.2 Å². The fourth-order valence-electron chi connectivity index (χ4n) is 3.67. The molecule has 1 aromatic carbocycles. The van der Waals surface area contributed by atoms with Gasteiger partial charge in [-0.15, -0.1) is 0 Å². The van der Waals surface area contributed by atoms with Crippen LogP contribution in [0.5, 0.6) is 5.75 Å². The Kier molecular flexibility index (Phi) is 5.44. The third-order valence-electron chi connectivity index (χ3n) is 5.34. The van der Waals surface area contributed by atoms with Crippen LogP contribution < -0.4 is 15.4 Å². The van der Waals surface area contributed by atoms with E-state index < -0.39 is 5.41 Å². The zero-order valence-corrected chi connectivity index (χ0v) is 14.7. The molecule has 2 heterocycles. The van der Waals surface area contributed by atoms with E-state index in [1.165, 1.54) is 19.2 Å². The summed E-state index contributed by atoms with van der Waals surface area (Å²) >= 11 is 0. The van der Waals surface area contributed by atoms with E-state index >= 15 is 0 Å². The lowest BCUT2D eigenvalue weighted by Crippen LogP contribution is -2.56. The number of hydrogen-bond donors (Lipinski definition) is 1. The number of carbonyl (C=O) groups excluding carboxylic acids is 1. The summed E-state index contributed by atoms with van der Waals surface area (Å²) in [5.41, 5.74) is 6.33. The second-order valence-corrected chi connectivity index (χ2v) is 6.69. The van der Waals surface area contributed by atoms with Crippen molar-refractivity contribution in [2.75, 3.05) is 57.9 Å². The highest BCUT2D eigenvalue weighted by molar-refractivity contribution is 5.83. The van der Waals surface area contributed by atoms with Crippen molar-refractivity contribution >= 4 is 11.6 Å². The van der Waals surface area contributed by atoms with Crippen molar-refractivity contribution in [2.24, 2.45) is 11.1 Å². The van der Waals surface area contributed by atoms with Crippen LogP contribution in [0.4, 0.5) is 10.1 Å². The number of methoxy groups -OCH3 is 1. The van der Waals surface area contributed by atoms with E-state index in [1.54, 1.807) is 6.07 Å². The molecule has 0 aromatic heterocycles. The number of piperazine rings is 1. The number of anilines is 1. The number of rotatable bonds is 4. The molecule has 25 heavy (non-hydrogen) atoms. The SMILES string of the molecule is COc1cc(F)ccc1N1CCN(C(=O)C2(CN)CCOCC2)CC1. The van der Waals surface area contributed by atoms with Gasteiger partial charge in [-0.1, -0.05) is 0 Å². The van der Waals surface area contributed by atoms with Gasteiger partial charge in [-0.05, 0) is 25.0 Å². The first-order valence-electron chi connectivity index (χ1n) is 8.75. The maximum absolute atomic E-state index is 13.4. The van der Waals surface area contributed by atoms with Crippen LogP contribution in [0.3, 0.4) is 0 Å². The van der Waals surface area contributed by atoms with Gasteiger partial charge in [-0.3, -0.25) is 4.79 Å². The topological polar surface area (TPSA) is 68.0 Å². The minimum Gasteiger partial charge on any atom is -0.494 e. The molecule has 2 aliphatic heterocycles. The van der Waals surface area contributed by atoms with Gasteiger partial charge >= 0.3 is 0 Å². The standard InChI is InChI=1S/C18H26FN3O3/c1-24-16-12-14(19)2-3-15(16)21-6-8-22(9-7-21)17(23)18(13-20)4-10-25-11-5-18/h2-3,12H,4-11,13,20H2,1H3. The molecule has 1 amide bonds. The molecule has 2 N–H and O–H groups in total. The van der Waals surface area contributed by atoms with Crippen molar-refractivity contribution in [3.8, 4) is 5.75 Å². The molecule has 0 atom stereocenters. The van der Waals surface area contributed by atoms with E-state index in [0.29, 0.717) is 64.5 Å². The number of nitrogens with two attached hydrogens (primary N) is 1. The molecule has 0 radical (unpaired) electrons. The molecular formula is C18H26FN3O3. The lowest BCUT2D eigenvalue weighted by atomic mass is 9.78. The van der Waals surface area contributed by atoms with Crippen LogP contribution in [0.15, 0.2) is 18.2 Å². The van der Waals surface area contributed by atoms with Gasteiger partial charge in [-0.2, -0.15) is 0 Å². The number of nitrogens with zero attached hydrogens (tertiary/aromatic N) is 2. The van der Waals surface area contributed by atoms with Crippen LogP contribution in [0.2, 0.25) is 0 Å². The zero-order chi connectivity index (χ0) is 17.9. The fraction of sp³-hybridized carbons (Fsp3) is 0.611. The van der Waals surface area contributed by atoms with Gasteiger partial charge in [0.15, 0.2) is 0 Å². The number of benzene rings is 1. The normalized spacial score (nSPS) is 20.4. The van der Waals surface area contributed by atoms with Crippen molar-refractivity contribution in [1.82, 2.24) is 4.90 Å². The van der Waals surface area contributed by atoms with E-state index in [9.17, 15) is 9.18 Å². The second-order valence-electron chi connectivity index (χ2n) is 6.69. The van der Waals surface area contributed by atoms with Gasteiger partial charge in [0.1, 0.15) is 11.6 Å². The highest BCUT2D eigenvalue weighted by Crippen LogP contribution is 2.33. The van der Waals surface area contributed by atoms with Crippen molar-refractivity contribution in [1.29, 1.82) is 0 Å². The van der Waals surface area contributed by atoms with Crippen molar-refractivity contribution in [3.05, 3.63) is 24.0 Å². The molecule has 0 saturated carbocycles. The monoisotopic (exact) mass is 351 g/mol. The molecule has 0 bridgehead atoms. The zero-order valence-electron chi connectivity index (χ0n) is 14.7. The number of hydrogen-bond acceptors (Lipinski definition) is 5. The average Bonchev–Trinajstić information content (AvgIpc) is 2.68. The Morgan fingerprint density at radius 2 is 1.96 bits per heavy atom. The maximum atomic E-state index is 13.4. The van der Waals surface area contributed by atoms with Gasteiger partial charge in [0.25, 0.3) is 0 Å². The molecule has 0 aliphatic carbocycles. The Bertz CT molecular complexity index is 612. The molecule has 6 nitrogen and oxygen atoms in total. The average molecular weight is 351 g/mol. The Balaban J connectivity index is 1.66. The van der Waals surface area contributed by atoms with Gasteiger partial charge in [0.05, 0.1) is 18.2 Å². The van der Waals surface area contributed by atoms with Crippen LogP contribution >= 0.6 is 0 Å². The Labute approximate surface area is 147 Å². The second kappa shape index (κ2) is 7.58. The van der Waals surface area contributed by atoms with E-state index in [-0.39, 0.29) is 11.7 Å². The molecule has 2 saturated heterocycles. The Morgan fingerprint density at radius 1 is 1.28 bits per heavy atom. The summed E-state index contributed by atoms with van der Waals surface area (Å²) in [7, 11) is 1.54. The van der Waals surface area contributed by atoms with Crippen molar-refractivity contribution in [2.45, 2.75) is 12.8 Å². The highest BCUT2D eigenvalue weighted by Gasteiger charge is 2.42. The number of carbonyl (C=O) groups is 1. The smallest absolute Gasteiger partial charge is 0.230 e. The maximum Gasteiger partial charge on any atom is 0.230 e. The van der Waals surface area contributed by atoms with Crippen molar-refractivity contribution in [3.63, 3.8) is 0 Å². The highest BCUT2D eigenvalue weighted by atomic mass is 19.1. The molecule has 2 aliphatic rings. The first kappa shape index (κ1) is 17.9. The van der Waals surface area contributed by atoms with Crippen LogP contribution in [0.1, 0.15) is 12.8 Å². The third kappa shape index (κ3) is 3.57. The number of halogens is 1. The van der Waals surface area contributed by atoms with Crippen molar-refractivity contribution < 1.29 is 18.7 Å². The summed E-state index contributed by atoms with van der Waals surface area (Å²) in [6.45, 7) is 4.17. The minimum atomic E-state index is -0.478. The van der Waals surface area contributed by atoms with Crippen LogP contribution in [0.25, 0.3) is 0 Å². The van der Waals surface area contributed by atoms with E-state index in [0.717, 1.165) is 5.69 Å². The Hall–Kier alpha value is -1.86. The molecule has 3 rings (SSSR count). The Morgan fingerprint density at radius 3 is 2.56 bits per heavy atom. The first-order chi connectivity index (χ1) is 12.1. The van der Waals surface area contributed by atoms with Gasteiger partial charge in [0.2, 0.25) is 5.91 Å². The van der Waals surface area contributed by atoms with Gasteiger partial charge in [0, 0.05) is 52.0 Å². The molecule has 1 aromatic rings. The molecule has 0 unspecified atom stereocenters. The molecular weight excluding hydrogens is 325 g/mol. The van der Waals surface area contributed by atoms with Gasteiger partial charge in [-0.25, -0.2) is 4.39 Å². The predicted molar refractivity (Wildman–Crippen MR) is 93.3 cm³/mol. The summed E-state index contributed by atoms with van der Waals surface area (Å²) in [6.07, 6.45) is 1.38. The first-order valence-corrected chi connectivity index (χ1v) is 8.75. The predicted octanol–water partition coefficient (Wildman–Crippen LogP) is 1.24. The molecule has 7 heteroatoms. The third-order valence-corrected chi connectivity index (χ3v) is 5.34. The summed E-state index contributed by atoms with van der Waals surface area (Å²) in [4.78, 5) is 17.0. The largest absolute Gasteiger partial charge is 0.494 e. The summed E-state index contributed by atoms with van der Waals surface area (Å²) < 4.78 is 24.1. The molecule has 2 fully saturated rings. The van der Waals surface area contributed by atoms with Crippen LogP contribution in [0, 0.1) is 11.2 Å². The van der Waals surface area contributed by atoms with Gasteiger partial charge < -0.3 is 25.0 Å². The number of ether oxygens (including phenoxy) is 2. The summed E-state index contributed by atoms with van der Waals surface area (Å²) in [5, 5.41) is 0. The quantitative estimate of drug-likeness (QED) is 0.884. The van der Waals surface area contributed by atoms with Crippen LogP contribution in [-0.2, 0) is 9.53 Å². The molecule has 138 valence electrons. The van der Waals surface area contributed by atoms with E-state index in [2.05, 4.69) is 4.90 Å². The number of amides is 1. The molecule has 0 spiro atoms. The summed E-state index contributed by atoms with van der Waals surface area (Å²) in [5.74, 6) is 0.338. The lowest BCUT2D eigenvalue weighted by Gasteiger charge is -2.43. The van der Waals surface area contributed by atoms with E-state index in [1.807, 2.05) is 4.90 Å². The minimum absolute atomic E-state index is 0.143. The fourth-order valence-corrected chi connectivity index (χ4v) is 3.67.